The second-order valence-electron chi connectivity index (χ2n) is 6.15. The monoisotopic (exact) mass is 342 g/mol. The van der Waals surface area contributed by atoms with Gasteiger partial charge in [0.25, 0.3) is 0 Å². The van der Waals surface area contributed by atoms with Crippen LogP contribution in [-0.4, -0.2) is 34.4 Å². The summed E-state index contributed by atoms with van der Waals surface area (Å²) >= 11 is 0. The molecule has 1 aromatic carbocycles. The minimum absolute atomic E-state index is 0.552. The van der Waals surface area contributed by atoms with Crippen molar-refractivity contribution in [3.63, 3.8) is 0 Å². The lowest BCUT2D eigenvalue weighted by Gasteiger charge is -2.12. The largest absolute Gasteiger partial charge is 0.496 e. The van der Waals surface area contributed by atoms with Crippen molar-refractivity contribution in [1.82, 2.24) is 25.4 Å². The Hall–Kier alpha value is -2.57. The van der Waals surface area contributed by atoms with Gasteiger partial charge in [-0.2, -0.15) is 0 Å². The van der Waals surface area contributed by atoms with Gasteiger partial charge in [0, 0.05) is 25.1 Å². The van der Waals surface area contributed by atoms with Crippen LogP contribution in [0.25, 0.3) is 0 Å². The van der Waals surface area contributed by atoms with Gasteiger partial charge in [-0.15, -0.1) is 10.2 Å². The first-order chi connectivity index (χ1) is 12.2. The van der Waals surface area contributed by atoms with Gasteiger partial charge in [-0.1, -0.05) is 12.1 Å². The summed E-state index contributed by atoms with van der Waals surface area (Å²) in [5.41, 5.74) is 2.24. The van der Waals surface area contributed by atoms with Crippen molar-refractivity contribution in [3.05, 3.63) is 41.0 Å². The topological polar surface area (TPSA) is 76.4 Å². The number of aromatic nitrogens is 3. The van der Waals surface area contributed by atoms with E-state index in [1.165, 1.54) is 5.56 Å². The van der Waals surface area contributed by atoms with Crippen LogP contribution < -0.4 is 15.4 Å². The van der Waals surface area contributed by atoms with Crippen molar-refractivity contribution in [2.24, 2.45) is 4.99 Å². The van der Waals surface area contributed by atoms with Crippen LogP contribution in [-0.2, 0) is 26.1 Å². The molecule has 1 aliphatic rings. The quantitative estimate of drug-likeness (QED) is 0.618. The minimum Gasteiger partial charge on any atom is -0.496 e. The Morgan fingerprint density at radius 3 is 3.00 bits per heavy atom. The third-order valence-electron chi connectivity index (χ3n) is 4.29. The number of nitrogens with one attached hydrogen (secondary N) is 2. The average molecular weight is 342 g/mol. The zero-order chi connectivity index (χ0) is 17.6. The molecule has 7 heteroatoms. The molecule has 2 N–H and O–H groups in total. The average Bonchev–Trinajstić information content (AvgIpc) is 3.22. The number of aliphatic imine (C=N–C) groups is 1. The zero-order valence-electron chi connectivity index (χ0n) is 15.2. The number of nitrogens with zero attached hydrogens (tertiary/aromatic N) is 4. The SMILES string of the molecule is CCNC(=NCc1ccc(C)cc1OC)NCc1nnc2n1CCC2. The number of guanidine groups is 1. The molecule has 0 atom stereocenters. The number of aryl methyl sites for hydroxylation is 2. The number of fused-ring (bicyclic) bond motifs is 1. The third-order valence-corrected chi connectivity index (χ3v) is 4.29. The Morgan fingerprint density at radius 1 is 1.32 bits per heavy atom. The lowest BCUT2D eigenvalue weighted by atomic mass is 10.1. The molecule has 25 heavy (non-hydrogen) atoms. The van der Waals surface area contributed by atoms with Crippen LogP contribution in [0.1, 0.15) is 36.1 Å². The Morgan fingerprint density at radius 2 is 2.20 bits per heavy atom. The van der Waals surface area contributed by atoms with E-state index >= 15 is 0 Å². The van der Waals surface area contributed by atoms with Gasteiger partial charge in [-0.3, -0.25) is 0 Å². The van der Waals surface area contributed by atoms with E-state index in [4.69, 9.17) is 4.74 Å². The number of rotatable bonds is 6. The summed E-state index contributed by atoms with van der Waals surface area (Å²) in [5, 5.41) is 15.1. The summed E-state index contributed by atoms with van der Waals surface area (Å²) < 4.78 is 7.65. The maximum atomic E-state index is 5.46. The third kappa shape index (κ3) is 4.10. The first-order valence-electron chi connectivity index (χ1n) is 8.78. The van der Waals surface area contributed by atoms with Crippen molar-refractivity contribution in [2.45, 2.75) is 46.3 Å². The lowest BCUT2D eigenvalue weighted by molar-refractivity contribution is 0.409. The van der Waals surface area contributed by atoms with E-state index in [0.717, 1.165) is 54.9 Å². The van der Waals surface area contributed by atoms with E-state index in [1.54, 1.807) is 7.11 Å². The molecule has 1 aliphatic heterocycles. The molecule has 0 bridgehead atoms. The van der Waals surface area contributed by atoms with Gasteiger partial charge in [0.1, 0.15) is 11.6 Å². The molecule has 0 saturated heterocycles. The number of ether oxygens (including phenoxy) is 1. The molecule has 2 aromatic rings. The molecule has 0 saturated carbocycles. The van der Waals surface area contributed by atoms with Gasteiger partial charge in [0.05, 0.1) is 20.2 Å². The highest BCUT2D eigenvalue weighted by atomic mass is 16.5. The summed E-state index contributed by atoms with van der Waals surface area (Å²) in [7, 11) is 1.69. The van der Waals surface area contributed by atoms with Crippen LogP contribution in [0.15, 0.2) is 23.2 Å². The van der Waals surface area contributed by atoms with Crippen molar-refractivity contribution in [1.29, 1.82) is 0 Å². The summed E-state index contributed by atoms with van der Waals surface area (Å²) in [6.45, 7) is 7.08. The minimum atomic E-state index is 0.552. The Bertz CT molecular complexity index is 752. The van der Waals surface area contributed by atoms with Crippen molar-refractivity contribution in [3.8, 4) is 5.75 Å². The number of methoxy groups -OCH3 is 1. The van der Waals surface area contributed by atoms with Crippen LogP contribution in [0, 0.1) is 6.92 Å². The molecule has 7 nitrogen and oxygen atoms in total. The van der Waals surface area contributed by atoms with Crippen molar-refractivity contribution in [2.75, 3.05) is 13.7 Å². The fraction of sp³-hybridized carbons (Fsp3) is 0.500. The second kappa shape index (κ2) is 8.00. The maximum absolute atomic E-state index is 5.46. The van der Waals surface area contributed by atoms with E-state index in [9.17, 15) is 0 Å². The maximum Gasteiger partial charge on any atom is 0.191 e. The molecule has 3 rings (SSSR count). The molecule has 0 spiro atoms. The molecule has 0 amide bonds. The highest BCUT2D eigenvalue weighted by molar-refractivity contribution is 5.79. The van der Waals surface area contributed by atoms with E-state index in [2.05, 4.69) is 56.4 Å². The van der Waals surface area contributed by atoms with E-state index < -0.39 is 0 Å². The van der Waals surface area contributed by atoms with E-state index in [1.807, 2.05) is 6.07 Å². The fourth-order valence-corrected chi connectivity index (χ4v) is 2.99. The standard InChI is InChI=1S/C18H26N6O/c1-4-19-18(20-11-14-8-7-13(2)10-15(14)25-3)21-12-17-23-22-16-6-5-9-24(16)17/h7-8,10H,4-6,9,11-12H2,1-3H3,(H2,19,20,21). The molecule has 134 valence electrons. The predicted octanol–water partition coefficient (Wildman–Crippen LogP) is 1.80. The van der Waals surface area contributed by atoms with Crippen LogP contribution in [0.2, 0.25) is 0 Å². The van der Waals surface area contributed by atoms with Gasteiger partial charge in [0.15, 0.2) is 11.8 Å². The molecule has 2 heterocycles. The van der Waals surface area contributed by atoms with Crippen LogP contribution in [0.3, 0.4) is 0 Å². The second-order valence-corrected chi connectivity index (χ2v) is 6.15. The Labute approximate surface area is 148 Å². The fourth-order valence-electron chi connectivity index (χ4n) is 2.99. The highest BCUT2D eigenvalue weighted by Crippen LogP contribution is 2.20. The zero-order valence-corrected chi connectivity index (χ0v) is 15.2. The Balaban J connectivity index is 1.67. The smallest absolute Gasteiger partial charge is 0.191 e. The lowest BCUT2D eigenvalue weighted by Crippen LogP contribution is -2.37. The first-order valence-corrected chi connectivity index (χ1v) is 8.78. The normalized spacial score (nSPS) is 13.6. The van der Waals surface area contributed by atoms with Gasteiger partial charge in [-0.25, -0.2) is 4.99 Å². The van der Waals surface area contributed by atoms with Gasteiger partial charge in [0.2, 0.25) is 0 Å². The predicted molar refractivity (Wildman–Crippen MR) is 97.7 cm³/mol. The Kier molecular flexibility index (Phi) is 5.53. The highest BCUT2D eigenvalue weighted by Gasteiger charge is 2.17. The summed E-state index contributed by atoms with van der Waals surface area (Å²) in [6.07, 6.45) is 2.17. The van der Waals surface area contributed by atoms with Crippen LogP contribution >= 0.6 is 0 Å². The summed E-state index contributed by atoms with van der Waals surface area (Å²) in [5.74, 6) is 3.68. The van der Waals surface area contributed by atoms with Crippen molar-refractivity contribution < 1.29 is 4.74 Å². The molecule has 0 unspecified atom stereocenters. The molecule has 0 radical (unpaired) electrons. The van der Waals surface area contributed by atoms with Crippen molar-refractivity contribution >= 4 is 5.96 Å². The molecular formula is C18H26N6O. The van der Waals surface area contributed by atoms with Gasteiger partial charge < -0.3 is 19.9 Å². The summed E-state index contributed by atoms with van der Waals surface area (Å²) in [4.78, 5) is 4.67. The van der Waals surface area contributed by atoms with Crippen LogP contribution in [0.4, 0.5) is 0 Å². The number of benzene rings is 1. The number of hydrogen-bond acceptors (Lipinski definition) is 4. The molecular weight excluding hydrogens is 316 g/mol. The van der Waals surface area contributed by atoms with Crippen LogP contribution in [0.5, 0.6) is 5.75 Å². The summed E-state index contributed by atoms with van der Waals surface area (Å²) in [6, 6.07) is 6.17. The first kappa shape index (κ1) is 17.3. The van der Waals surface area contributed by atoms with E-state index in [0.29, 0.717) is 13.1 Å². The van der Waals surface area contributed by atoms with E-state index in [-0.39, 0.29) is 0 Å². The van der Waals surface area contributed by atoms with Gasteiger partial charge in [-0.05, 0) is 31.9 Å². The van der Waals surface area contributed by atoms with Gasteiger partial charge >= 0.3 is 0 Å². The molecule has 1 aromatic heterocycles. The number of hydrogen-bond donors (Lipinski definition) is 2. The molecule has 0 fully saturated rings. The molecule has 0 aliphatic carbocycles.